The van der Waals surface area contributed by atoms with E-state index >= 15 is 0 Å². The second kappa shape index (κ2) is 8.44. The molecule has 1 unspecified atom stereocenters. The Balaban J connectivity index is 1.95. The number of benzene rings is 2. The third-order valence-electron chi connectivity index (χ3n) is 4.78. The van der Waals surface area contributed by atoms with Crippen molar-refractivity contribution in [3.63, 3.8) is 0 Å². The van der Waals surface area contributed by atoms with Crippen molar-refractivity contribution < 1.29 is 14.3 Å². The summed E-state index contributed by atoms with van der Waals surface area (Å²) in [5.74, 6) is -0.343. The SMILES string of the molecule is CCOC(=O)CC1CCCN(C(=O)c2ccc(N)cc2)c2ccc(Cl)cc21. The van der Waals surface area contributed by atoms with Crippen LogP contribution in [0.15, 0.2) is 42.5 Å². The average molecular weight is 387 g/mol. The van der Waals surface area contributed by atoms with Gasteiger partial charge < -0.3 is 15.4 Å². The number of rotatable bonds is 4. The molecule has 0 aliphatic carbocycles. The molecule has 0 aromatic heterocycles. The predicted octanol–water partition coefficient (Wildman–Crippen LogP) is 4.40. The molecule has 142 valence electrons. The maximum atomic E-state index is 13.1. The zero-order chi connectivity index (χ0) is 19.4. The van der Waals surface area contributed by atoms with Crippen LogP contribution in [0.5, 0.6) is 0 Å². The number of esters is 1. The molecule has 1 aliphatic rings. The standard InChI is InChI=1S/C21H23ClN2O3/c1-2-27-20(25)12-15-4-3-11-24(19-10-7-16(22)13-18(15)19)21(26)14-5-8-17(23)9-6-14/h5-10,13,15H,2-4,11-12,23H2,1H3. The van der Waals surface area contributed by atoms with Crippen molar-refractivity contribution in [3.05, 3.63) is 58.6 Å². The lowest BCUT2D eigenvalue weighted by Gasteiger charge is -2.24. The first-order valence-electron chi connectivity index (χ1n) is 9.12. The molecule has 3 rings (SSSR count). The Labute approximate surface area is 164 Å². The summed E-state index contributed by atoms with van der Waals surface area (Å²) in [7, 11) is 0. The van der Waals surface area contributed by atoms with E-state index in [1.165, 1.54) is 0 Å². The minimum absolute atomic E-state index is 0.0260. The molecule has 0 radical (unpaired) electrons. The van der Waals surface area contributed by atoms with Crippen LogP contribution in [-0.4, -0.2) is 25.0 Å². The minimum atomic E-state index is -0.230. The molecule has 1 atom stereocenters. The topological polar surface area (TPSA) is 72.6 Å². The summed E-state index contributed by atoms with van der Waals surface area (Å²) in [4.78, 5) is 26.9. The molecule has 27 heavy (non-hydrogen) atoms. The van der Waals surface area contributed by atoms with Crippen molar-refractivity contribution in [2.24, 2.45) is 0 Å². The van der Waals surface area contributed by atoms with Gasteiger partial charge in [0, 0.05) is 28.5 Å². The molecule has 0 saturated heterocycles. The van der Waals surface area contributed by atoms with Crippen LogP contribution >= 0.6 is 11.6 Å². The molecule has 2 aromatic rings. The van der Waals surface area contributed by atoms with E-state index in [2.05, 4.69) is 0 Å². The average Bonchev–Trinajstić information content (AvgIpc) is 2.81. The van der Waals surface area contributed by atoms with E-state index in [0.717, 1.165) is 24.1 Å². The van der Waals surface area contributed by atoms with Gasteiger partial charge in [-0.25, -0.2) is 0 Å². The Morgan fingerprint density at radius 3 is 2.67 bits per heavy atom. The molecular weight excluding hydrogens is 364 g/mol. The quantitative estimate of drug-likeness (QED) is 0.624. The van der Waals surface area contributed by atoms with Gasteiger partial charge in [0.05, 0.1) is 13.0 Å². The number of hydrogen-bond donors (Lipinski definition) is 1. The number of fused-ring (bicyclic) bond motifs is 1. The second-order valence-corrected chi connectivity index (χ2v) is 7.07. The second-order valence-electron chi connectivity index (χ2n) is 6.63. The van der Waals surface area contributed by atoms with Crippen LogP contribution in [0.4, 0.5) is 11.4 Å². The number of hydrogen-bond acceptors (Lipinski definition) is 4. The van der Waals surface area contributed by atoms with E-state index in [9.17, 15) is 9.59 Å². The lowest BCUT2D eigenvalue weighted by atomic mass is 9.91. The molecule has 2 N–H and O–H groups in total. The maximum absolute atomic E-state index is 13.1. The van der Waals surface area contributed by atoms with E-state index in [1.54, 1.807) is 42.2 Å². The Hall–Kier alpha value is -2.53. The highest BCUT2D eigenvalue weighted by Crippen LogP contribution is 2.38. The Kier molecular flexibility index (Phi) is 6.01. The van der Waals surface area contributed by atoms with Crippen molar-refractivity contribution in [2.45, 2.75) is 32.1 Å². The van der Waals surface area contributed by atoms with Gasteiger partial charge in [0.25, 0.3) is 5.91 Å². The van der Waals surface area contributed by atoms with Gasteiger partial charge in [-0.05, 0) is 73.7 Å². The van der Waals surface area contributed by atoms with Crippen molar-refractivity contribution in [3.8, 4) is 0 Å². The zero-order valence-electron chi connectivity index (χ0n) is 15.3. The first-order chi connectivity index (χ1) is 13.0. The van der Waals surface area contributed by atoms with Gasteiger partial charge in [-0.3, -0.25) is 9.59 Å². The van der Waals surface area contributed by atoms with Crippen LogP contribution in [0.3, 0.4) is 0 Å². The monoisotopic (exact) mass is 386 g/mol. The lowest BCUT2D eigenvalue weighted by molar-refractivity contribution is -0.143. The number of ether oxygens (including phenoxy) is 1. The summed E-state index contributed by atoms with van der Waals surface area (Å²) in [5, 5.41) is 0.587. The lowest BCUT2D eigenvalue weighted by Crippen LogP contribution is -2.31. The van der Waals surface area contributed by atoms with Gasteiger partial charge in [-0.2, -0.15) is 0 Å². The third-order valence-corrected chi connectivity index (χ3v) is 5.01. The fourth-order valence-electron chi connectivity index (χ4n) is 3.50. The summed E-state index contributed by atoms with van der Waals surface area (Å²) in [6.07, 6.45) is 1.86. The van der Waals surface area contributed by atoms with Gasteiger partial charge >= 0.3 is 5.97 Å². The number of nitrogens with two attached hydrogens (primary N) is 1. The number of amides is 1. The Morgan fingerprint density at radius 2 is 1.96 bits per heavy atom. The van der Waals surface area contributed by atoms with Crippen LogP contribution in [0.2, 0.25) is 5.02 Å². The van der Waals surface area contributed by atoms with Crippen LogP contribution < -0.4 is 10.6 Å². The van der Waals surface area contributed by atoms with E-state index in [1.807, 2.05) is 12.1 Å². The first-order valence-corrected chi connectivity index (χ1v) is 9.50. The van der Waals surface area contributed by atoms with Crippen molar-refractivity contribution in [2.75, 3.05) is 23.8 Å². The van der Waals surface area contributed by atoms with Gasteiger partial charge in [0.1, 0.15) is 0 Å². The number of carbonyl (C=O) groups is 2. The smallest absolute Gasteiger partial charge is 0.306 e. The van der Waals surface area contributed by atoms with Crippen molar-refractivity contribution >= 4 is 34.9 Å². The van der Waals surface area contributed by atoms with Gasteiger partial charge in [-0.1, -0.05) is 11.6 Å². The van der Waals surface area contributed by atoms with Crippen molar-refractivity contribution in [1.29, 1.82) is 0 Å². The highest BCUT2D eigenvalue weighted by molar-refractivity contribution is 6.30. The molecular formula is C21H23ClN2O3. The summed E-state index contributed by atoms with van der Waals surface area (Å²) in [6.45, 7) is 2.73. The van der Waals surface area contributed by atoms with Crippen molar-refractivity contribution in [1.82, 2.24) is 0 Å². The van der Waals surface area contributed by atoms with E-state index in [0.29, 0.717) is 29.4 Å². The highest BCUT2D eigenvalue weighted by atomic mass is 35.5. The summed E-state index contributed by atoms with van der Waals surface area (Å²) in [6, 6.07) is 12.4. The number of nitrogens with zero attached hydrogens (tertiary/aromatic N) is 1. The first kappa shape index (κ1) is 19.2. The van der Waals surface area contributed by atoms with Crippen LogP contribution in [0.1, 0.15) is 48.0 Å². The van der Waals surface area contributed by atoms with Crippen LogP contribution in [-0.2, 0) is 9.53 Å². The zero-order valence-corrected chi connectivity index (χ0v) is 16.0. The normalized spacial score (nSPS) is 16.4. The summed E-state index contributed by atoms with van der Waals surface area (Å²) in [5.41, 5.74) is 8.63. The van der Waals surface area contributed by atoms with Crippen LogP contribution in [0.25, 0.3) is 0 Å². The largest absolute Gasteiger partial charge is 0.466 e. The fourth-order valence-corrected chi connectivity index (χ4v) is 3.68. The minimum Gasteiger partial charge on any atom is -0.466 e. The Bertz CT molecular complexity index is 836. The molecule has 5 nitrogen and oxygen atoms in total. The summed E-state index contributed by atoms with van der Waals surface area (Å²) < 4.78 is 5.12. The molecule has 0 bridgehead atoms. The number of halogens is 1. The fraction of sp³-hybridized carbons (Fsp3) is 0.333. The molecule has 0 spiro atoms. The molecule has 6 heteroatoms. The molecule has 0 fully saturated rings. The number of carbonyl (C=O) groups excluding carboxylic acids is 2. The molecule has 1 aliphatic heterocycles. The predicted molar refractivity (Wildman–Crippen MR) is 107 cm³/mol. The highest BCUT2D eigenvalue weighted by Gasteiger charge is 2.29. The van der Waals surface area contributed by atoms with Crippen LogP contribution in [0, 0.1) is 0 Å². The maximum Gasteiger partial charge on any atom is 0.306 e. The number of nitrogen functional groups attached to an aromatic ring is 1. The van der Waals surface area contributed by atoms with Gasteiger partial charge in [0.15, 0.2) is 0 Å². The molecule has 1 amide bonds. The van der Waals surface area contributed by atoms with E-state index in [4.69, 9.17) is 22.1 Å². The van der Waals surface area contributed by atoms with E-state index < -0.39 is 0 Å². The Morgan fingerprint density at radius 1 is 1.22 bits per heavy atom. The van der Waals surface area contributed by atoms with E-state index in [-0.39, 0.29) is 24.2 Å². The molecule has 2 aromatic carbocycles. The molecule has 1 heterocycles. The van der Waals surface area contributed by atoms with Gasteiger partial charge in [-0.15, -0.1) is 0 Å². The third kappa shape index (κ3) is 4.42. The summed E-state index contributed by atoms with van der Waals surface area (Å²) >= 11 is 6.22. The molecule has 0 saturated carbocycles. The number of anilines is 2. The van der Waals surface area contributed by atoms with Gasteiger partial charge in [0.2, 0.25) is 0 Å².